The summed E-state index contributed by atoms with van der Waals surface area (Å²) >= 11 is 0. The van der Waals surface area contributed by atoms with Crippen LogP contribution in [0.2, 0.25) is 0 Å². The smallest absolute Gasteiger partial charge is 0.325 e. The second kappa shape index (κ2) is 5.05. The Morgan fingerprint density at radius 2 is 1.95 bits per heavy atom. The lowest BCUT2D eigenvalue weighted by atomic mass is 9.90. The molecule has 3 rings (SSSR count). The SMILES string of the molecule is O=C(CN1C(=O)NC2(CCCNC2)C1=O)N1CCCC1. The Morgan fingerprint density at radius 3 is 2.60 bits per heavy atom. The van der Waals surface area contributed by atoms with Gasteiger partial charge in [-0.2, -0.15) is 0 Å². The Bertz CT molecular complexity index is 439. The van der Waals surface area contributed by atoms with Gasteiger partial charge in [0, 0.05) is 19.6 Å². The summed E-state index contributed by atoms with van der Waals surface area (Å²) in [5.74, 6) is -0.394. The molecule has 1 atom stereocenters. The molecule has 3 fully saturated rings. The van der Waals surface area contributed by atoms with Crippen LogP contribution in [0, 0.1) is 0 Å². The molecular weight excluding hydrogens is 260 g/mol. The van der Waals surface area contributed by atoms with Crippen molar-refractivity contribution in [1.29, 1.82) is 0 Å². The largest absolute Gasteiger partial charge is 0.341 e. The van der Waals surface area contributed by atoms with E-state index in [1.807, 2.05) is 0 Å². The number of hydrogen-bond acceptors (Lipinski definition) is 4. The van der Waals surface area contributed by atoms with Crippen LogP contribution >= 0.6 is 0 Å². The van der Waals surface area contributed by atoms with Crippen LogP contribution in [0.3, 0.4) is 0 Å². The zero-order valence-corrected chi connectivity index (χ0v) is 11.5. The molecule has 0 aromatic carbocycles. The minimum atomic E-state index is -0.833. The lowest BCUT2D eigenvalue weighted by molar-refractivity contribution is -0.138. The molecule has 3 heterocycles. The number of amides is 4. The molecule has 3 aliphatic heterocycles. The predicted molar refractivity (Wildman–Crippen MR) is 70.9 cm³/mol. The van der Waals surface area contributed by atoms with E-state index in [1.165, 1.54) is 0 Å². The van der Waals surface area contributed by atoms with Crippen LogP contribution < -0.4 is 10.6 Å². The van der Waals surface area contributed by atoms with Crippen LogP contribution in [-0.2, 0) is 9.59 Å². The van der Waals surface area contributed by atoms with E-state index in [0.717, 1.165) is 43.8 Å². The highest BCUT2D eigenvalue weighted by molar-refractivity contribution is 6.09. The van der Waals surface area contributed by atoms with Gasteiger partial charge in [0.05, 0.1) is 0 Å². The number of nitrogens with zero attached hydrogens (tertiary/aromatic N) is 2. The number of piperidine rings is 1. The third kappa shape index (κ3) is 2.15. The molecule has 0 aromatic heterocycles. The number of carbonyl (C=O) groups excluding carboxylic acids is 3. The van der Waals surface area contributed by atoms with Gasteiger partial charge in [-0.05, 0) is 32.2 Å². The maximum absolute atomic E-state index is 12.5. The fraction of sp³-hybridized carbons (Fsp3) is 0.769. The highest BCUT2D eigenvalue weighted by Gasteiger charge is 2.52. The van der Waals surface area contributed by atoms with Gasteiger partial charge in [0.2, 0.25) is 5.91 Å². The molecular formula is C13H20N4O3. The first-order valence-electron chi connectivity index (χ1n) is 7.25. The Labute approximate surface area is 117 Å². The van der Waals surface area contributed by atoms with E-state index in [2.05, 4.69) is 10.6 Å². The maximum atomic E-state index is 12.5. The minimum absolute atomic E-state index is 0.133. The van der Waals surface area contributed by atoms with Crippen molar-refractivity contribution in [1.82, 2.24) is 20.4 Å². The quantitative estimate of drug-likeness (QED) is 0.654. The number of rotatable bonds is 2. The monoisotopic (exact) mass is 280 g/mol. The van der Waals surface area contributed by atoms with Gasteiger partial charge in [0.1, 0.15) is 12.1 Å². The molecule has 0 aliphatic carbocycles. The molecule has 7 nitrogen and oxygen atoms in total. The Balaban J connectivity index is 1.68. The Kier molecular flexibility index (Phi) is 3.37. The molecule has 3 aliphatic rings. The van der Waals surface area contributed by atoms with E-state index in [4.69, 9.17) is 0 Å². The number of carbonyl (C=O) groups is 3. The topological polar surface area (TPSA) is 81.8 Å². The Morgan fingerprint density at radius 1 is 1.20 bits per heavy atom. The van der Waals surface area contributed by atoms with Crippen LogP contribution in [0.1, 0.15) is 25.7 Å². The molecule has 1 unspecified atom stereocenters. The summed E-state index contributed by atoms with van der Waals surface area (Å²) in [5.41, 5.74) is -0.833. The number of nitrogens with one attached hydrogen (secondary N) is 2. The van der Waals surface area contributed by atoms with Gasteiger partial charge in [0.25, 0.3) is 5.91 Å². The van der Waals surface area contributed by atoms with Crippen molar-refractivity contribution < 1.29 is 14.4 Å². The zero-order chi connectivity index (χ0) is 14.2. The van der Waals surface area contributed by atoms with E-state index in [1.54, 1.807) is 4.90 Å². The van der Waals surface area contributed by atoms with Crippen LogP contribution in [0.15, 0.2) is 0 Å². The van der Waals surface area contributed by atoms with E-state index < -0.39 is 11.6 Å². The molecule has 0 aromatic rings. The van der Waals surface area contributed by atoms with Crippen molar-refractivity contribution in [2.24, 2.45) is 0 Å². The lowest BCUT2D eigenvalue weighted by Gasteiger charge is -2.31. The van der Waals surface area contributed by atoms with Gasteiger partial charge in [-0.15, -0.1) is 0 Å². The molecule has 3 saturated heterocycles. The van der Waals surface area contributed by atoms with Crippen molar-refractivity contribution in [3.63, 3.8) is 0 Å². The third-order valence-electron chi connectivity index (χ3n) is 4.38. The fourth-order valence-corrected chi connectivity index (χ4v) is 3.22. The van der Waals surface area contributed by atoms with Crippen LogP contribution in [0.5, 0.6) is 0 Å². The van der Waals surface area contributed by atoms with Gasteiger partial charge in [-0.25, -0.2) is 4.79 Å². The summed E-state index contributed by atoms with van der Waals surface area (Å²) in [4.78, 5) is 39.4. The van der Waals surface area contributed by atoms with Gasteiger partial charge < -0.3 is 15.5 Å². The molecule has 4 amide bonds. The normalized spacial score (nSPS) is 30.2. The van der Waals surface area contributed by atoms with Crippen molar-refractivity contribution in [2.45, 2.75) is 31.2 Å². The molecule has 2 N–H and O–H groups in total. The molecule has 20 heavy (non-hydrogen) atoms. The minimum Gasteiger partial charge on any atom is -0.341 e. The summed E-state index contributed by atoms with van der Waals surface area (Å²) in [7, 11) is 0. The van der Waals surface area contributed by atoms with E-state index in [0.29, 0.717) is 13.0 Å². The van der Waals surface area contributed by atoms with Crippen LogP contribution in [-0.4, -0.2) is 65.9 Å². The highest BCUT2D eigenvalue weighted by atomic mass is 16.2. The van der Waals surface area contributed by atoms with Gasteiger partial charge in [-0.1, -0.05) is 0 Å². The fourth-order valence-electron chi connectivity index (χ4n) is 3.22. The van der Waals surface area contributed by atoms with Crippen molar-refractivity contribution in [3.05, 3.63) is 0 Å². The first-order valence-corrected chi connectivity index (χ1v) is 7.25. The van der Waals surface area contributed by atoms with E-state index >= 15 is 0 Å². The zero-order valence-electron chi connectivity index (χ0n) is 11.5. The van der Waals surface area contributed by atoms with E-state index in [-0.39, 0.29) is 18.4 Å². The summed E-state index contributed by atoms with van der Waals surface area (Å²) in [6.07, 6.45) is 3.48. The highest BCUT2D eigenvalue weighted by Crippen LogP contribution is 2.25. The maximum Gasteiger partial charge on any atom is 0.325 e. The average molecular weight is 280 g/mol. The predicted octanol–water partition coefficient (Wildman–Crippen LogP) is -0.717. The second-order valence-electron chi connectivity index (χ2n) is 5.77. The summed E-state index contributed by atoms with van der Waals surface area (Å²) in [6.45, 7) is 2.64. The summed E-state index contributed by atoms with van der Waals surface area (Å²) < 4.78 is 0. The van der Waals surface area contributed by atoms with Crippen molar-refractivity contribution in [2.75, 3.05) is 32.7 Å². The first-order chi connectivity index (χ1) is 9.62. The van der Waals surface area contributed by atoms with Gasteiger partial charge >= 0.3 is 6.03 Å². The van der Waals surface area contributed by atoms with Crippen molar-refractivity contribution in [3.8, 4) is 0 Å². The number of urea groups is 1. The van der Waals surface area contributed by atoms with Gasteiger partial charge in [-0.3, -0.25) is 14.5 Å². The average Bonchev–Trinajstić information content (AvgIpc) is 3.04. The number of likely N-dealkylation sites (tertiary alicyclic amines) is 1. The van der Waals surface area contributed by atoms with Crippen LogP contribution in [0.25, 0.3) is 0 Å². The van der Waals surface area contributed by atoms with Crippen LogP contribution in [0.4, 0.5) is 4.79 Å². The molecule has 7 heteroatoms. The molecule has 1 spiro atoms. The van der Waals surface area contributed by atoms with E-state index in [9.17, 15) is 14.4 Å². The molecule has 110 valence electrons. The number of hydrogen-bond donors (Lipinski definition) is 2. The molecule has 0 radical (unpaired) electrons. The Hall–Kier alpha value is -1.63. The number of imide groups is 1. The summed E-state index contributed by atoms with van der Waals surface area (Å²) in [6, 6.07) is -0.439. The molecule has 0 saturated carbocycles. The second-order valence-corrected chi connectivity index (χ2v) is 5.77. The van der Waals surface area contributed by atoms with Gasteiger partial charge in [0.15, 0.2) is 0 Å². The summed E-state index contributed by atoms with van der Waals surface area (Å²) in [5, 5.41) is 5.91. The first kappa shape index (κ1) is 13.4. The standard InChI is InChI=1S/C13H20N4O3/c18-10(16-6-1-2-7-16)8-17-11(19)13(15-12(17)20)4-3-5-14-9-13/h14H,1-9H2,(H,15,20). The van der Waals surface area contributed by atoms with Crippen molar-refractivity contribution >= 4 is 17.8 Å². The molecule has 0 bridgehead atoms. The third-order valence-corrected chi connectivity index (χ3v) is 4.38. The lowest BCUT2D eigenvalue weighted by Crippen LogP contribution is -2.57.